The molecule has 0 aromatic rings. The summed E-state index contributed by atoms with van der Waals surface area (Å²) >= 11 is 0. The molecule has 4 nitrogen and oxygen atoms in total. The highest BCUT2D eigenvalue weighted by atomic mass is 28.3. The molecule has 0 radical (unpaired) electrons. The van der Waals surface area contributed by atoms with Crippen LogP contribution in [0, 0.1) is 17.3 Å². The summed E-state index contributed by atoms with van der Waals surface area (Å²) in [6.07, 6.45) is 9.16. The van der Waals surface area contributed by atoms with Crippen molar-refractivity contribution in [2.24, 2.45) is 17.3 Å². The predicted molar refractivity (Wildman–Crippen MR) is 109 cm³/mol. The van der Waals surface area contributed by atoms with Crippen molar-refractivity contribution in [3.8, 4) is 0 Å². The Hall–Kier alpha value is -0.843. The largest absolute Gasteiger partial charge is 0.468 e. The van der Waals surface area contributed by atoms with Crippen molar-refractivity contribution in [1.82, 2.24) is 0 Å². The number of ether oxygens (including phenoxy) is 2. The Bertz CT molecular complexity index is 445. The zero-order chi connectivity index (χ0) is 19.8. The minimum absolute atomic E-state index is 0.351. The van der Waals surface area contributed by atoms with Gasteiger partial charge in [0.25, 0.3) is 0 Å². The maximum Gasteiger partial charge on any atom is 0.323 e. The molecular formula is C21H40O4Si. The maximum absolute atomic E-state index is 12.4. The summed E-state index contributed by atoms with van der Waals surface area (Å²) in [5.74, 6) is -0.0809. The van der Waals surface area contributed by atoms with Gasteiger partial charge in [0.15, 0.2) is 5.41 Å². The zero-order valence-electron chi connectivity index (χ0n) is 17.9. The topological polar surface area (TPSA) is 52.6 Å². The van der Waals surface area contributed by atoms with Crippen molar-refractivity contribution < 1.29 is 19.1 Å². The van der Waals surface area contributed by atoms with E-state index in [0.717, 1.165) is 0 Å². The second-order valence-corrected chi connectivity index (χ2v) is 14.3. The lowest BCUT2D eigenvalue weighted by molar-refractivity contribution is -0.169. The number of hydrogen-bond acceptors (Lipinski definition) is 4. The molecule has 0 unspecified atom stereocenters. The van der Waals surface area contributed by atoms with Gasteiger partial charge in [-0.25, -0.2) is 0 Å². The number of hydrogen-bond donors (Lipinski definition) is 0. The number of rotatable bonds is 11. The quantitative estimate of drug-likeness (QED) is 0.206. The van der Waals surface area contributed by atoms with Crippen LogP contribution in [0.25, 0.3) is 0 Å². The number of carbonyl (C=O) groups excluding carboxylic acids is 2. The molecule has 1 aliphatic rings. The Morgan fingerprint density at radius 3 is 2.04 bits per heavy atom. The van der Waals surface area contributed by atoms with Crippen molar-refractivity contribution in [2.45, 2.75) is 90.4 Å². The Labute approximate surface area is 161 Å². The molecular weight excluding hydrogens is 344 g/mol. The second-order valence-electron chi connectivity index (χ2n) is 9.10. The molecule has 0 aliphatic heterocycles. The van der Waals surface area contributed by atoms with Gasteiger partial charge in [-0.3, -0.25) is 9.59 Å². The van der Waals surface area contributed by atoms with E-state index >= 15 is 0 Å². The summed E-state index contributed by atoms with van der Waals surface area (Å²) in [5, 5.41) is 0. The van der Waals surface area contributed by atoms with Gasteiger partial charge >= 0.3 is 11.9 Å². The van der Waals surface area contributed by atoms with E-state index in [-0.39, 0.29) is 0 Å². The third-order valence-corrected chi connectivity index (χ3v) is 9.60. The van der Waals surface area contributed by atoms with Gasteiger partial charge in [0.05, 0.1) is 14.2 Å². The summed E-state index contributed by atoms with van der Waals surface area (Å²) in [4.78, 5) is 24.8. The van der Waals surface area contributed by atoms with Crippen molar-refractivity contribution in [2.75, 3.05) is 14.2 Å². The van der Waals surface area contributed by atoms with Crippen LogP contribution < -0.4 is 0 Å². The average Bonchev–Trinajstić information content (AvgIpc) is 2.93. The number of methoxy groups -OCH3 is 2. The van der Waals surface area contributed by atoms with Crippen molar-refractivity contribution in [1.29, 1.82) is 0 Å². The lowest BCUT2D eigenvalue weighted by atomic mass is 9.85. The van der Waals surface area contributed by atoms with Gasteiger partial charge in [-0.2, -0.15) is 0 Å². The van der Waals surface area contributed by atoms with Crippen molar-refractivity contribution in [3.63, 3.8) is 0 Å². The fourth-order valence-corrected chi connectivity index (χ4v) is 8.10. The van der Waals surface area contributed by atoms with Crippen LogP contribution in [0.15, 0.2) is 0 Å². The summed E-state index contributed by atoms with van der Waals surface area (Å²) in [5.41, 5.74) is -1.09. The van der Waals surface area contributed by atoms with E-state index in [1.54, 1.807) is 0 Å². The standard InChI is InChI=1S/C21H40O4Si/c1-7-8-9-10-11-12-13-26(5,6)16-18-15-21(14-17(18)2,19(22)24-3)20(23)25-4/h17-18H,7-16H2,1-6H3/t17-,18+/m0/s1. The first-order valence-electron chi connectivity index (χ1n) is 10.4. The molecule has 152 valence electrons. The third-order valence-electron chi connectivity index (χ3n) is 6.26. The molecule has 1 rings (SSSR count). The fraction of sp³-hybridized carbons (Fsp3) is 0.905. The Morgan fingerprint density at radius 2 is 1.50 bits per heavy atom. The molecule has 1 fully saturated rings. The van der Waals surface area contributed by atoms with Gasteiger partial charge in [0, 0.05) is 8.07 Å². The lowest BCUT2D eigenvalue weighted by Crippen LogP contribution is -2.39. The van der Waals surface area contributed by atoms with E-state index in [2.05, 4.69) is 26.9 Å². The molecule has 1 aliphatic carbocycles. The van der Waals surface area contributed by atoms with E-state index in [9.17, 15) is 9.59 Å². The van der Waals surface area contributed by atoms with Crippen LogP contribution >= 0.6 is 0 Å². The highest BCUT2D eigenvalue weighted by Crippen LogP contribution is 2.50. The van der Waals surface area contributed by atoms with Crippen LogP contribution in [0.4, 0.5) is 0 Å². The Morgan fingerprint density at radius 1 is 0.962 bits per heavy atom. The van der Waals surface area contributed by atoms with E-state index < -0.39 is 25.4 Å². The lowest BCUT2D eigenvalue weighted by Gasteiger charge is -2.28. The molecule has 0 N–H and O–H groups in total. The van der Waals surface area contributed by atoms with E-state index in [0.29, 0.717) is 24.7 Å². The van der Waals surface area contributed by atoms with Gasteiger partial charge in [0.2, 0.25) is 0 Å². The molecule has 5 heteroatoms. The van der Waals surface area contributed by atoms with Crippen LogP contribution in [-0.2, 0) is 19.1 Å². The maximum atomic E-state index is 12.4. The van der Waals surface area contributed by atoms with Gasteiger partial charge in [-0.1, -0.05) is 77.6 Å². The normalized spacial score (nSPS) is 22.2. The molecule has 0 saturated heterocycles. The zero-order valence-corrected chi connectivity index (χ0v) is 18.9. The fourth-order valence-electron chi connectivity index (χ4n) is 4.72. The SMILES string of the molecule is CCCCCCCC[Si](C)(C)C[C@H]1CC(C(=O)OC)(C(=O)OC)C[C@@H]1C. The van der Waals surface area contributed by atoms with Crippen molar-refractivity contribution >= 4 is 20.0 Å². The van der Waals surface area contributed by atoms with Gasteiger partial charge < -0.3 is 9.47 Å². The molecule has 0 aromatic carbocycles. The molecule has 2 atom stereocenters. The third kappa shape index (κ3) is 6.10. The molecule has 0 amide bonds. The second kappa shape index (κ2) is 10.5. The average molecular weight is 385 g/mol. The van der Waals surface area contributed by atoms with E-state index in [1.165, 1.54) is 64.8 Å². The summed E-state index contributed by atoms with van der Waals surface area (Å²) < 4.78 is 9.94. The van der Waals surface area contributed by atoms with E-state index in [1.807, 2.05) is 0 Å². The molecule has 0 bridgehead atoms. The molecule has 1 saturated carbocycles. The van der Waals surface area contributed by atoms with Gasteiger partial charge in [-0.15, -0.1) is 0 Å². The highest BCUT2D eigenvalue weighted by molar-refractivity contribution is 6.77. The Balaban J connectivity index is 2.63. The van der Waals surface area contributed by atoms with Crippen LogP contribution in [0.1, 0.15) is 65.2 Å². The van der Waals surface area contributed by atoms with Gasteiger partial charge in [0.1, 0.15) is 0 Å². The van der Waals surface area contributed by atoms with E-state index in [4.69, 9.17) is 9.47 Å². The molecule has 0 spiro atoms. The Kier molecular flexibility index (Phi) is 9.35. The number of unbranched alkanes of at least 4 members (excludes halogenated alkanes) is 5. The van der Waals surface area contributed by atoms with Crippen LogP contribution in [0.2, 0.25) is 25.2 Å². The summed E-state index contributed by atoms with van der Waals surface area (Å²) in [6.45, 7) is 9.35. The van der Waals surface area contributed by atoms with Crippen molar-refractivity contribution in [3.05, 3.63) is 0 Å². The number of carbonyl (C=O) groups is 2. The van der Waals surface area contributed by atoms with Crippen LogP contribution in [-0.4, -0.2) is 34.2 Å². The minimum atomic E-state index is -1.34. The monoisotopic (exact) mass is 384 g/mol. The van der Waals surface area contributed by atoms with Crippen LogP contribution in [0.5, 0.6) is 0 Å². The summed E-state index contributed by atoms with van der Waals surface area (Å²) in [7, 11) is 1.39. The first kappa shape index (κ1) is 23.2. The summed E-state index contributed by atoms with van der Waals surface area (Å²) in [6, 6.07) is 2.52. The molecule has 26 heavy (non-hydrogen) atoms. The van der Waals surface area contributed by atoms with Gasteiger partial charge in [-0.05, 0) is 24.7 Å². The van der Waals surface area contributed by atoms with Crippen LogP contribution in [0.3, 0.4) is 0 Å². The predicted octanol–water partition coefficient (Wildman–Crippen LogP) is 5.43. The first-order chi connectivity index (χ1) is 12.2. The molecule has 0 heterocycles. The molecule has 0 aromatic heterocycles. The minimum Gasteiger partial charge on any atom is -0.468 e. The first-order valence-corrected chi connectivity index (χ1v) is 13.8. The number of esters is 2. The smallest absolute Gasteiger partial charge is 0.323 e. The highest BCUT2D eigenvalue weighted by Gasteiger charge is 2.56.